The number of hydrogen-bond acceptors (Lipinski definition) is 3. The van der Waals surface area contributed by atoms with Crippen molar-refractivity contribution < 1.29 is 13.5 Å². The maximum atomic E-state index is 12.1. The average Bonchev–Trinajstić information content (AvgIpc) is 2.10. The molecule has 0 aliphatic carbocycles. The molecule has 0 amide bonds. The van der Waals surface area contributed by atoms with E-state index in [2.05, 4.69) is 0 Å². The summed E-state index contributed by atoms with van der Waals surface area (Å²) in [5.41, 5.74) is 0. The number of halogens is 3. The molecule has 1 aromatic rings. The lowest BCUT2D eigenvalue weighted by Gasteiger charge is -2.34. The predicted molar refractivity (Wildman–Crippen MR) is 66.2 cm³/mol. The summed E-state index contributed by atoms with van der Waals surface area (Å²) >= 11 is 17.4. The first-order valence-electron chi connectivity index (χ1n) is 4.65. The Bertz CT molecular complexity index is 532. The van der Waals surface area contributed by atoms with Gasteiger partial charge in [0.2, 0.25) is 10.0 Å². The van der Waals surface area contributed by atoms with Crippen LogP contribution in [-0.2, 0) is 10.0 Å². The fourth-order valence-corrected chi connectivity index (χ4v) is 4.52. The highest BCUT2D eigenvalue weighted by atomic mass is 35.5. The van der Waals surface area contributed by atoms with Gasteiger partial charge in [-0.1, -0.05) is 34.8 Å². The van der Waals surface area contributed by atoms with Crippen LogP contribution in [0.5, 0.6) is 0 Å². The molecule has 2 rings (SSSR count). The summed E-state index contributed by atoms with van der Waals surface area (Å²) in [5.74, 6) is 0. The second kappa shape index (κ2) is 4.57. The molecule has 1 fully saturated rings. The lowest BCUT2D eigenvalue weighted by molar-refractivity contribution is 0.0548. The highest BCUT2D eigenvalue weighted by Crippen LogP contribution is 2.35. The van der Waals surface area contributed by atoms with Gasteiger partial charge in [-0.05, 0) is 12.1 Å². The van der Waals surface area contributed by atoms with E-state index in [1.54, 1.807) is 0 Å². The number of rotatable bonds is 2. The number of β-amino-alcohol motifs (C(OH)–C–C–N with tert-alkyl or cyclic N) is 1. The summed E-state index contributed by atoms with van der Waals surface area (Å²) in [6.45, 7) is 0.106. The zero-order valence-electron chi connectivity index (χ0n) is 8.40. The van der Waals surface area contributed by atoms with Gasteiger partial charge in [-0.25, -0.2) is 8.42 Å². The van der Waals surface area contributed by atoms with Crippen molar-refractivity contribution in [3.8, 4) is 0 Å². The zero-order chi connectivity index (χ0) is 12.8. The van der Waals surface area contributed by atoms with E-state index < -0.39 is 16.1 Å². The third-order valence-corrected chi connectivity index (χ3v) is 5.36. The van der Waals surface area contributed by atoms with Gasteiger partial charge < -0.3 is 5.11 Å². The number of hydrogen-bond donors (Lipinski definition) is 1. The summed E-state index contributed by atoms with van der Waals surface area (Å²) in [7, 11) is -3.76. The SMILES string of the molecule is O=S(=O)(c1c(Cl)cc(Cl)cc1Cl)N1CC(O)C1. The van der Waals surface area contributed by atoms with Crippen LogP contribution in [0.15, 0.2) is 17.0 Å². The molecule has 4 nitrogen and oxygen atoms in total. The Labute approximate surface area is 114 Å². The van der Waals surface area contributed by atoms with Gasteiger partial charge in [-0.15, -0.1) is 0 Å². The highest BCUT2D eigenvalue weighted by Gasteiger charge is 2.37. The molecule has 1 saturated heterocycles. The van der Waals surface area contributed by atoms with E-state index in [9.17, 15) is 8.42 Å². The molecule has 17 heavy (non-hydrogen) atoms. The van der Waals surface area contributed by atoms with Gasteiger partial charge in [0.1, 0.15) is 4.90 Å². The smallest absolute Gasteiger partial charge is 0.246 e. The van der Waals surface area contributed by atoms with Gasteiger partial charge in [-0.2, -0.15) is 4.31 Å². The van der Waals surface area contributed by atoms with Gasteiger partial charge in [0.15, 0.2) is 0 Å². The van der Waals surface area contributed by atoms with Crippen LogP contribution in [0.3, 0.4) is 0 Å². The lowest BCUT2D eigenvalue weighted by Crippen LogP contribution is -2.53. The summed E-state index contributed by atoms with van der Waals surface area (Å²) in [6, 6.07) is 2.64. The van der Waals surface area contributed by atoms with Crippen molar-refractivity contribution in [3.63, 3.8) is 0 Å². The van der Waals surface area contributed by atoms with Gasteiger partial charge >= 0.3 is 0 Å². The standard InChI is InChI=1S/C9H8Cl3NO3S/c10-5-1-7(11)9(8(12)2-5)17(15,16)13-3-6(14)4-13/h1-2,6,14H,3-4H2. The maximum Gasteiger partial charge on any atom is 0.246 e. The van der Waals surface area contributed by atoms with E-state index in [0.717, 1.165) is 4.31 Å². The monoisotopic (exact) mass is 315 g/mol. The fourth-order valence-electron chi connectivity index (χ4n) is 1.52. The van der Waals surface area contributed by atoms with Crippen molar-refractivity contribution in [2.24, 2.45) is 0 Å². The predicted octanol–water partition coefficient (Wildman–Crippen LogP) is 2.01. The summed E-state index contributed by atoms with van der Waals surface area (Å²) in [5, 5.41) is 9.34. The van der Waals surface area contributed by atoms with Crippen LogP contribution in [0, 0.1) is 0 Å². The van der Waals surface area contributed by atoms with Crippen LogP contribution in [0.4, 0.5) is 0 Å². The molecule has 94 valence electrons. The summed E-state index contributed by atoms with van der Waals surface area (Å²) < 4.78 is 25.3. The minimum atomic E-state index is -3.76. The van der Waals surface area contributed by atoms with E-state index in [-0.39, 0.29) is 33.1 Å². The molecule has 0 saturated carbocycles. The van der Waals surface area contributed by atoms with Crippen molar-refractivity contribution in [3.05, 3.63) is 27.2 Å². The second-order valence-corrected chi connectivity index (χ2v) is 6.80. The molecule has 1 aromatic carbocycles. The van der Waals surface area contributed by atoms with Crippen molar-refractivity contribution >= 4 is 44.8 Å². The normalized spacial score (nSPS) is 18.1. The van der Waals surface area contributed by atoms with Gasteiger partial charge in [-0.3, -0.25) is 0 Å². The van der Waals surface area contributed by atoms with Crippen LogP contribution < -0.4 is 0 Å². The van der Waals surface area contributed by atoms with Crippen LogP contribution in [0.2, 0.25) is 15.1 Å². The van der Waals surface area contributed by atoms with Crippen molar-refractivity contribution in [1.82, 2.24) is 4.31 Å². The number of sulfonamides is 1. The van der Waals surface area contributed by atoms with E-state index in [1.165, 1.54) is 12.1 Å². The number of aliphatic hydroxyl groups excluding tert-OH is 1. The molecule has 0 atom stereocenters. The van der Waals surface area contributed by atoms with Gasteiger partial charge in [0, 0.05) is 18.1 Å². The van der Waals surface area contributed by atoms with E-state index in [1.807, 2.05) is 0 Å². The molecule has 1 aliphatic rings. The highest BCUT2D eigenvalue weighted by molar-refractivity contribution is 7.89. The third-order valence-electron chi connectivity index (χ3n) is 2.39. The third kappa shape index (κ3) is 2.41. The van der Waals surface area contributed by atoms with Gasteiger partial charge in [0.25, 0.3) is 0 Å². The molecule has 0 bridgehead atoms. The molecule has 8 heteroatoms. The van der Waals surface area contributed by atoms with Crippen LogP contribution >= 0.6 is 34.8 Å². The van der Waals surface area contributed by atoms with E-state index in [4.69, 9.17) is 39.9 Å². The van der Waals surface area contributed by atoms with Crippen LogP contribution in [0.25, 0.3) is 0 Å². The van der Waals surface area contributed by atoms with Crippen molar-refractivity contribution in [1.29, 1.82) is 0 Å². The molecule has 0 aromatic heterocycles. The summed E-state index contributed by atoms with van der Waals surface area (Å²) in [4.78, 5) is -0.169. The van der Waals surface area contributed by atoms with Gasteiger partial charge in [0.05, 0.1) is 16.1 Å². The Morgan fingerprint density at radius 2 is 1.65 bits per heavy atom. The van der Waals surface area contributed by atoms with Crippen LogP contribution in [0.1, 0.15) is 0 Å². The molecular formula is C9H8Cl3NO3S. The largest absolute Gasteiger partial charge is 0.390 e. The minimum Gasteiger partial charge on any atom is -0.390 e. The Hall–Kier alpha value is -0.0400. The Morgan fingerprint density at radius 1 is 1.18 bits per heavy atom. The number of aliphatic hydroxyl groups is 1. The molecular weight excluding hydrogens is 309 g/mol. The molecule has 1 aliphatic heterocycles. The second-order valence-electron chi connectivity index (χ2n) is 3.67. The van der Waals surface area contributed by atoms with Crippen molar-refractivity contribution in [2.75, 3.05) is 13.1 Å². The molecule has 0 unspecified atom stereocenters. The number of nitrogens with zero attached hydrogens (tertiary/aromatic N) is 1. The Morgan fingerprint density at radius 3 is 2.06 bits per heavy atom. The molecule has 0 radical (unpaired) electrons. The number of benzene rings is 1. The van der Waals surface area contributed by atoms with E-state index >= 15 is 0 Å². The first kappa shape index (κ1) is 13.4. The Kier molecular flexibility index (Phi) is 3.60. The molecule has 1 N–H and O–H groups in total. The molecule has 0 spiro atoms. The first-order valence-corrected chi connectivity index (χ1v) is 7.22. The maximum absolute atomic E-state index is 12.1. The van der Waals surface area contributed by atoms with E-state index in [0.29, 0.717) is 0 Å². The average molecular weight is 317 g/mol. The topological polar surface area (TPSA) is 57.6 Å². The van der Waals surface area contributed by atoms with Crippen molar-refractivity contribution in [2.45, 2.75) is 11.0 Å². The quantitative estimate of drug-likeness (QED) is 0.908. The molecule has 1 heterocycles. The zero-order valence-corrected chi connectivity index (χ0v) is 11.5. The lowest BCUT2D eigenvalue weighted by atomic mass is 10.2. The fraction of sp³-hybridized carbons (Fsp3) is 0.333. The first-order chi connectivity index (χ1) is 7.82. The minimum absolute atomic E-state index is 0.0242. The Balaban J connectivity index is 2.47. The summed E-state index contributed by atoms with van der Waals surface area (Å²) in [6.07, 6.45) is -0.630. The van der Waals surface area contributed by atoms with Crippen LogP contribution in [-0.4, -0.2) is 37.0 Å².